The number of hydrogen-bond donors (Lipinski definition) is 0. The van der Waals surface area contributed by atoms with Crippen LogP contribution in [0.3, 0.4) is 0 Å². The van der Waals surface area contributed by atoms with Gasteiger partial charge in [0.15, 0.2) is 0 Å². The molecule has 0 bridgehead atoms. The van der Waals surface area contributed by atoms with E-state index in [1.54, 1.807) is 0 Å². The van der Waals surface area contributed by atoms with Gasteiger partial charge in [-0.05, 0) is 24.6 Å². The summed E-state index contributed by atoms with van der Waals surface area (Å²) in [6, 6.07) is 10.5. The summed E-state index contributed by atoms with van der Waals surface area (Å²) in [4.78, 5) is 2.19. The molecule has 1 aliphatic rings. The van der Waals surface area contributed by atoms with Crippen LogP contribution in [0.4, 0.5) is 0 Å². The lowest BCUT2D eigenvalue weighted by atomic mass is 9.92. The molecule has 0 fully saturated rings. The Balaban J connectivity index is 2.10. The summed E-state index contributed by atoms with van der Waals surface area (Å²) in [6.45, 7) is 5.27. The molecule has 0 saturated carbocycles. The van der Waals surface area contributed by atoms with Gasteiger partial charge in [0.1, 0.15) is 5.75 Å². The Bertz CT molecular complexity index is 411. The highest BCUT2D eigenvalue weighted by molar-refractivity contribution is 5.37. The van der Waals surface area contributed by atoms with E-state index in [0.717, 1.165) is 31.9 Å². The number of likely N-dealkylation sites (N-methyl/N-ethyl adjacent to an activating group) is 1. The summed E-state index contributed by atoms with van der Waals surface area (Å²) in [5.41, 5.74) is 1.29. The zero-order valence-electron chi connectivity index (χ0n) is 10.2. The van der Waals surface area contributed by atoms with E-state index in [9.17, 15) is 0 Å². The zero-order chi connectivity index (χ0) is 12.1. The minimum Gasteiger partial charge on any atom is -0.493 e. The highest BCUT2D eigenvalue weighted by atomic mass is 16.5. The monoisotopic (exact) mass is 230 g/mol. The molecule has 1 aliphatic heterocycles. The standard InChI is InChI=1S/C14H18N2O/c1-2-16(9-8-15)11-12-7-10-17-14-6-4-3-5-13(12)14/h3-6,12H,2,7,9-11H2,1H3. The minimum absolute atomic E-state index is 0.494. The number of fused-ring (bicyclic) bond motifs is 1. The van der Waals surface area contributed by atoms with Gasteiger partial charge in [0, 0.05) is 12.5 Å². The Morgan fingerprint density at radius 3 is 3.06 bits per heavy atom. The maximum atomic E-state index is 8.78. The fourth-order valence-corrected chi connectivity index (χ4v) is 2.32. The molecule has 17 heavy (non-hydrogen) atoms. The molecule has 1 atom stereocenters. The van der Waals surface area contributed by atoms with Gasteiger partial charge < -0.3 is 4.74 Å². The lowest BCUT2D eigenvalue weighted by molar-refractivity contribution is 0.227. The van der Waals surface area contributed by atoms with Crippen LogP contribution >= 0.6 is 0 Å². The number of nitriles is 1. The third-order valence-corrected chi connectivity index (χ3v) is 3.30. The van der Waals surface area contributed by atoms with E-state index in [2.05, 4.69) is 30.0 Å². The predicted molar refractivity (Wildman–Crippen MR) is 67.0 cm³/mol. The molecule has 0 N–H and O–H groups in total. The van der Waals surface area contributed by atoms with Crippen molar-refractivity contribution in [2.75, 3.05) is 26.2 Å². The van der Waals surface area contributed by atoms with Gasteiger partial charge in [0.2, 0.25) is 0 Å². The van der Waals surface area contributed by atoms with E-state index in [1.807, 2.05) is 12.1 Å². The summed E-state index contributed by atoms with van der Waals surface area (Å²) < 4.78 is 5.65. The number of rotatable bonds is 4. The number of benzene rings is 1. The second-order valence-electron chi connectivity index (χ2n) is 4.36. The lowest BCUT2D eigenvalue weighted by Gasteiger charge is -2.29. The van der Waals surface area contributed by atoms with Gasteiger partial charge in [-0.25, -0.2) is 0 Å². The first-order valence-corrected chi connectivity index (χ1v) is 6.16. The van der Waals surface area contributed by atoms with Gasteiger partial charge in [0.25, 0.3) is 0 Å². The lowest BCUT2D eigenvalue weighted by Crippen LogP contribution is -2.31. The summed E-state index contributed by atoms with van der Waals surface area (Å²) in [5.74, 6) is 1.50. The van der Waals surface area contributed by atoms with Crippen LogP contribution in [-0.4, -0.2) is 31.1 Å². The second-order valence-corrected chi connectivity index (χ2v) is 4.36. The first-order chi connectivity index (χ1) is 8.35. The van der Waals surface area contributed by atoms with Crippen molar-refractivity contribution >= 4 is 0 Å². The van der Waals surface area contributed by atoms with Crippen molar-refractivity contribution in [2.24, 2.45) is 0 Å². The topological polar surface area (TPSA) is 36.3 Å². The van der Waals surface area contributed by atoms with Gasteiger partial charge in [-0.3, -0.25) is 4.90 Å². The zero-order valence-corrected chi connectivity index (χ0v) is 10.2. The van der Waals surface area contributed by atoms with Crippen LogP contribution < -0.4 is 4.74 Å². The molecule has 0 amide bonds. The average Bonchev–Trinajstić information content (AvgIpc) is 2.38. The molecule has 0 aliphatic carbocycles. The van der Waals surface area contributed by atoms with Gasteiger partial charge in [-0.15, -0.1) is 0 Å². The molecular weight excluding hydrogens is 212 g/mol. The molecule has 0 aromatic heterocycles. The van der Waals surface area contributed by atoms with Gasteiger partial charge >= 0.3 is 0 Å². The van der Waals surface area contributed by atoms with E-state index in [-0.39, 0.29) is 0 Å². The Morgan fingerprint density at radius 2 is 2.29 bits per heavy atom. The fourth-order valence-electron chi connectivity index (χ4n) is 2.32. The SMILES string of the molecule is CCN(CC#N)CC1CCOc2ccccc21. The summed E-state index contributed by atoms with van der Waals surface area (Å²) >= 11 is 0. The largest absolute Gasteiger partial charge is 0.493 e. The maximum Gasteiger partial charge on any atom is 0.122 e. The predicted octanol–water partition coefficient (Wildman–Crippen LogP) is 2.40. The van der Waals surface area contributed by atoms with Crippen LogP contribution in [0, 0.1) is 11.3 Å². The maximum absolute atomic E-state index is 8.78. The van der Waals surface area contributed by atoms with E-state index in [4.69, 9.17) is 10.00 Å². The van der Waals surface area contributed by atoms with Crippen molar-refractivity contribution in [1.29, 1.82) is 5.26 Å². The number of hydrogen-bond acceptors (Lipinski definition) is 3. The second kappa shape index (κ2) is 5.70. The van der Waals surface area contributed by atoms with Crippen LogP contribution in [0.5, 0.6) is 5.75 Å². The first kappa shape index (κ1) is 11.9. The van der Waals surface area contributed by atoms with E-state index >= 15 is 0 Å². The van der Waals surface area contributed by atoms with Crippen molar-refractivity contribution < 1.29 is 4.74 Å². The summed E-state index contributed by atoms with van der Waals surface area (Å²) in [5, 5.41) is 8.78. The Labute approximate surface area is 103 Å². The highest BCUT2D eigenvalue weighted by Gasteiger charge is 2.22. The molecule has 2 rings (SSSR count). The van der Waals surface area contributed by atoms with Crippen LogP contribution in [0.2, 0.25) is 0 Å². The third kappa shape index (κ3) is 2.78. The molecule has 1 aromatic rings. The quantitative estimate of drug-likeness (QED) is 0.745. The van der Waals surface area contributed by atoms with Crippen LogP contribution in [0.15, 0.2) is 24.3 Å². The van der Waals surface area contributed by atoms with Crippen molar-refractivity contribution in [3.63, 3.8) is 0 Å². The van der Waals surface area contributed by atoms with Gasteiger partial charge in [0.05, 0.1) is 19.2 Å². The third-order valence-electron chi connectivity index (χ3n) is 3.30. The average molecular weight is 230 g/mol. The van der Waals surface area contributed by atoms with Crippen LogP contribution in [-0.2, 0) is 0 Å². The Hall–Kier alpha value is -1.53. The number of para-hydroxylation sites is 1. The summed E-state index contributed by atoms with van der Waals surface area (Å²) in [6.07, 6.45) is 1.04. The van der Waals surface area contributed by atoms with Gasteiger partial charge in [-0.2, -0.15) is 5.26 Å². The van der Waals surface area contributed by atoms with E-state index in [1.165, 1.54) is 5.56 Å². The van der Waals surface area contributed by atoms with E-state index < -0.39 is 0 Å². The molecular formula is C14H18N2O. The normalized spacial score (nSPS) is 18.3. The molecule has 1 aromatic carbocycles. The molecule has 1 heterocycles. The molecule has 0 radical (unpaired) electrons. The van der Waals surface area contributed by atoms with Crippen LogP contribution in [0.1, 0.15) is 24.8 Å². The smallest absolute Gasteiger partial charge is 0.122 e. The van der Waals surface area contributed by atoms with Crippen molar-refractivity contribution in [2.45, 2.75) is 19.3 Å². The molecule has 1 unspecified atom stereocenters. The fraction of sp³-hybridized carbons (Fsp3) is 0.500. The Kier molecular flexibility index (Phi) is 4.00. The van der Waals surface area contributed by atoms with E-state index in [0.29, 0.717) is 12.5 Å². The number of ether oxygens (including phenoxy) is 1. The summed E-state index contributed by atoms with van der Waals surface area (Å²) in [7, 11) is 0. The van der Waals surface area contributed by atoms with Crippen molar-refractivity contribution in [3.8, 4) is 11.8 Å². The minimum atomic E-state index is 0.494. The first-order valence-electron chi connectivity index (χ1n) is 6.16. The molecule has 3 nitrogen and oxygen atoms in total. The molecule has 90 valence electrons. The molecule has 0 spiro atoms. The van der Waals surface area contributed by atoms with Crippen molar-refractivity contribution in [3.05, 3.63) is 29.8 Å². The van der Waals surface area contributed by atoms with Crippen LogP contribution in [0.25, 0.3) is 0 Å². The van der Waals surface area contributed by atoms with Gasteiger partial charge in [-0.1, -0.05) is 25.1 Å². The van der Waals surface area contributed by atoms with Crippen molar-refractivity contribution in [1.82, 2.24) is 4.90 Å². The molecule has 0 saturated heterocycles. The Morgan fingerprint density at radius 1 is 1.47 bits per heavy atom. The number of nitrogens with zero attached hydrogens (tertiary/aromatic N) is 2. The highest BCUT2D eigenvalue weighted by Crippen LogP contribution is 2.33. The molecule has 3 heteroatoms.